The van der Waals surface area contributed by atoms with Gasteiger partial charge in [-0.25, -0.2) is 22.9 Å². The summed E-state index contributed by atoms with van der Waals surface area (Å²) in [6, 6.07) is 4.05. The van der Waals surface area contributed by atoms with Gasteiger partial charge in [0.1, 0.15) is 0 Å². The van der Waals surface area contributed by atoms with E-state index in [0.29, 0.717) is 12.0 Å². The van der Waals surface area contributed by atoms with Crippen molar-refractivity contribution in [3.63, 3.8) is 0 Å². The lowest BCUT2D eigenvalue weighted by atomic mass is 10.1. The van der Waals surface area contributed by atoms with Crippen LogP contribution in [0.1, 0.15) is 20.9 Å². The number of nitrogens with one attached hydrogen (secondary N) is 1. The van der Waals surface area contributed by atoms with E-state index in [1.165, 1.54) is 29.5 Å². The molecule has 2 N–H and O–H groups in total. The first-order valence-electron chi connectivity index (χ1n) is 6.12. The quantitative estimate of drug-likeness (QED) is 0.842. The van der Waals surface area contributed by atoms with E-state index in [2.05, 4.69) is 9.71 Å². The van der Waals surface area contributed by atoms with E-state index in [1.807, 2.05) is 5.38 Å². The Hall–Kier alpha value is -1.77. The van der Waals surface area contributed by atoms with Gasteiger partial charge in [0.05, 0.1) is 15.5 Å². The summed E-state index contributed by atoms with van der Waals surface area (Å²) in [5.41, 5.74) is 0.502. The third-order valence-corrected chi connectivity index (χ3v) is 5.16. The summed E-state index contributed by atoms with van der Waals surface area (Å²) in [6.07, 6.45) is 2.15. The Balaban J connectivity index is 2.12. The molecule has 2 rings (SSSR count). The number of aryl methyl sites for hydroxylation is 1. The normalized spacial score (nSPS) is 11.5. The van der Waals surface area contributed by atoms with Crippen LogP contribution in [-0.4, -0.2) is 31.0 Å². The van der Waals surface area contributed by atoms with Gasteiger partial charge >= 0.3 is 5.97 Å². The molecular weight excluding hydrogens is 312 g/mol. The first kappa shape index (κ1) is 15.6. The maximum Gasteiger partial charge on any atom is 0.335 e. The molecular formula is C13H14N2O4S2. The smallest absolute Gasteiger partial charge is 0.335 e. The largest absolute Gasteiger partial charge is 0.478 e. The minimum atomic E-state index is -3.72. The number of nitrogens with zero attached hydrogens (tertiary/aromatic N) is 1. The first-order chi connectivity index (χ1) is 9.90. The van der Waals surface area contributed by atoms with Gasteiger partial charge in [-0.05, 0) is 24.6 Å². The first-order valence-corrected chi connectivity index (χ1v) is 8.48. The molecule has 0 saturated carbocycles. The van der Waals surface area contributed by atoms with E-state index in [1.54, 1.807) is 13.1 Å². The molecule has 1 aromatic heterocycles. The van der Waals surface area contributed by atoms with Crippen molar-refractivity contribution in [1.29, 1.82) is 0 Å². The van der Waals surface area contributed by atoms with Crippen LogP contribution in [-0.2, 0) is 16.4 Å². The second kappa shape index (κ2) is 6.33. The van der Waals surface area contributed by atoms with Crippen molar-refractivity contribution in [3.05, 3.63) is 45.9 Å². The molecule has 0 saturated heterocycles. The van der Waals surface area contributed by atoms with Crippen molar-refractivity contribution in [1.82, 2.24) is 9.71 Å². The number of carboxylic acid groups (broad SMARTS) is 1. The van der Waals surface area contributed by atoms with Gasteiger partial charge in [-0.2, -0.15) is 0 Å². The SMILES string of the molecule is Cc1ccc(S(=O)(=O)NCCc2nccs2)cc1C(=O)O. The number of hydrogen-bond donors (Lipinski definition) is 2. The van der Waals surface area contributed by atoms with Gasteiger partial charge in [-0.3, -0.25) is 0 Å². The number of hydrogen-bond acceptors (Lipinski definition) is 5. The molecule has 0 aliphatic heterocycles. The summed E-state index contributed by atoms with van der Waals surface area (Å²) >= 11 is 1.45. The minimum Gasteiger partial charge on any atom is -0.478 e. The van der Waals surface area contributed by atoms with Gasteiger partial charge in [0.2, 0.25) is 10.0 Å². The van der Waals surface area contributed by atoms with Crippen LogP contribution in [0.25, 0.3) is 0 Å². The highest BCUT2D eigenvalue weighted by atomic mass is 32.2. The Morgan fingerprint density at radius 3 is 2.81 bits per heavy atom. The Morgan fingerprint density at radius 2 is 2.19 bits per heavy atom. The molecule has 0 bridgehead atoms. The van der Waals surface area contributed by atoms with E-state index < -0.39 is 16.0 Å². The van der Waals surface area contributed by atoms with Crippen molar-refractivity contribution < 1.29 is 18.3 Å². The van der Waals surface area contributed by atoms with Crippen molar-refractivity contribution in [2.75, 3.05) is 6.54 Å². The number of aromatic nitrogens is 1. The Morgan fingerprint density at radius 1 is 1.43 bits per heavy atom. The van der Waals surface area contributed by atoms with Gasteiger partial charge in [-0.15, -0.1) is 11.3 Å². The fraction of sp³-hybridized carbons (Fsp3) is 0.231. The van der Waals surface area contributed by atoms with E-state index in [9.17, 15) is 13.2 Å². The monoisotopic (exact) mass is 326 g/mol. The fourth-order valence-electron chi connectivity index (χ4n) is 1.75. The lowest BCUT2D eigenvalue weighted by Crippen LogP contribution is -2.26. The molecule has 8 heteroatoms. The predicted molar refractivity (Wildman–Crippen MR) is 79.1 cm³/mol. The van der Waals surface area contributed by atoms with Gasteiger partial charge in [0.15, 0.2) is 0 Å². The highest BCUT2D eigenvalue weighted by molar-refractivity contribution is 7.89. The maximum atomic E-state index is 12.1. The molecule has 0 aliphatic rings. The highest BCUT2D eigenvalue weighted by Gasteiger charge is 2.17. The zero-order valence-corrected chi connectivity index (χ0v) is 12.9. The van der Waals surface area contributed by atoms with Crippen LogP contribution in [0.3, 0.4) is 0 Å². The van der Waals surface area contributed by atoms with Gasteiger partial charge < -0.3 is 5.11 Å². The Labute approximate surface area is 126 Å². The summed E-state index contributed by atoms with van der Waals surface area (Å²) < 4.78 is 26.7. The number of carbonyl (C=O) groups is 1. The van der Waals surface area contributed by atoms with Crippen molar-refractivity contribution in [3.8, 4) is 0 Å². The number of thiazole rings is 1. The molecule has 6 nitrogen and oxygen atoms in total. The third-order valence-electron chi connectivity index (χ3n) is 2.86. The summed E-state index contributed by atoms with van der Waals surface area (Å²) in [6.45, 7) is 1.84. The van der Waals surface area contributed by atoms with Crippen molar-refractivity contribution in [2.45, 2.75) is 18.2 Å². The topological polar surface area (TPSA) is 96.4 Å². The molecule has 2 aromatic rings. The van der Waals surface area contributed by atoms with Crippen molar-refractivity contribution in [2.24, 2.45) is 0 Å². The minimum absolute atomic E-state index is 0.0159. The molecule has 0 aliphatic carbocycles. The molecule has 1 heterocycles. The Kier molecular flexibility index (Phi) is 4.71. The van der Waals surface area contributed by atoms with Crippen molar-refractivity contribution >= 4 is 27.3 Å². The average molecular weight is 326 g/mol. The fourth-order valence-corrected chi connectivity index (χ4v) is 3.43. The second-order valence-corrected chi connectivity index (χ2v) is 7.10. The number of carboxylic acids is 1. The van der Waals surface area contributed by atoms with Gasteiger partial charge in [-0.1, -0.05) is 6.07 Å². The highest BCUT2D eigenvalue weighted by Crippen LogP contribution is 2.15. The average Bonchev–Trinajstić information content (AvgIpc) is 2.91. The molecule has 112 valence electrons. The lowest BCUT2D eigenvalue weighted by Gasteiger charge is -2.08. The molecule has 0 spiro atoms. The van der Waals surface area contributed by atoms with Crippen LogP contribution in [0.4, 0.5) is 0 Å². The van der Waals surface area contributed by atoms with Crippen LogP contribution < -0.4 is 4.72 Å². The summed E-state index contributed by atoms with van der Waals surface area (Å²) in [5.74, 6) is -1.15. The van der Waals surface area contributed by atoms with Crippen LogP contribution in [0.15, 0.2) is 34.7 Å². The summed E-state index contributed by atoms with van der Waals surface area (Å²) in [4.78, 5) is 15.1. The zero-order chi connectivity index (χ0) is 15.5. The number of aromatic carboxylic acids is 1. The predicted octanol–water partition coefficient (Wildman–Crippen LogP) is 1.67. The molecule has 0 amide bonds. The summed E-state index contributed by atoms with van der Waals surface area (Å²) in [5, 5.41) is 11.7. The standard InChI is InChI=1S/C13H14N2O4S2/c1-9-2-3-10(8-11(9)13(16)17)21(18,19)15-5-4-12-14-6-7-20-12/h2-3,6-8,15H,4-5H2,1H3,(H,16,17). The maximum absolute atomic E-state index is 12.1. The van der Waals surface area contributed by atoms with Crippen LogP contribution >= 0.6 is 11.3 Å². The van der Waals surface area contributed by atoms with E-state index in [-0.39, 0.29) is 17.0 Å². The van der Waals surface area contributed by atoms with Crippen LogP contribution in [0.5, 0.6) is 0 Å². The zero-order valence-electron chi connectivity index (χ0n) is 11.2. The van der Waals surface area contributed by atoms with E-state index in [0.717, 1.165) is 5.01 Å². The van der Waals surface area contributed by atoms with Gasteiger partial charge in [0, 0.05) is 24.5 Å². The molecule has 21 heavy (non-hydrogen) atoms. The third kappa shape index (κ3) is 3.87. The van der Waals surface area contributed by atoms with Crippen LogP contribution in [0, 0.1) is 6.92 Å². The molecule has 0 atom stereocenters. The molecule has 0 fully saturated rings. The molecule has 0 unspecified atom stereocenters. The lowest BCUT2D eigenvalue weighted by molar-refractivity contribution is 0.0696. The Bertz CT molecular complexity index is 740. The van der Waals surface area contributed by atoms with E-state index >= 15 is 0 Å². The van der Waals surface area contributed by atoms with Crippen LogP contribution in [0.2, 0.25) is 0 Å². The molecule has 0 radical (unpaired) electrons. The number of sulfonamides is 1. The molecule has 1 aromatic carbocycles. The summed E-state index contributed by atoms with van der Waals surface area (Å²) in [7, 11) is -3.72. The second-order valence-electron chi connectivity index (χ2n) is 4.36. The van der Waals surface area contributed by atoms with Gasteiger partial charge in [0.25, 0.3) is 0 Å². The number of rotatable bonds is 6. The van der Waals surface area contributed by atoms with E-state index in [4.69, 9.17) is 5.11 Å². The number of benzene rings is 1.